The summed E-state index contributed by atoms with van der Waals surface area (Å²) in [6.45, 7) is 0. The van der Waals surface area contributed by atoms with Crippen molar-refractivity contribution in [1.82, 2.24) is 9.97 Å². The predicted molar refractivity (Wildman–Crippen MR) is 78.4 cm³/mol. The van der Waals surface area contributed by atoms with Crippen LogP contribution >= 0.6 is 31.9 Å². The Labute approximate surface area is 126 Å². The molecule has 1 heterocycles. The molecule has 0 radical (unpaired) electrons. The Hall–Kier alpha value is -1.65. The van der Waals surface area contributed by atoms with Crippen LogP contribution in [0.3, 0.4) is 0 Å². The van der Waals surface area contributed by atoms with Crippen LogP contribution in [0.25, 0.3) is 0 Å². The minimum absolute atomic E-state index is 0.408. The first-order valence-corrected chi connectivity index (χ1v) is 6.76. The number of hydrogen-bond donors (Lipinski definition) is 1. The van der Waals surface area contributed by atoms with Crippen molar-refractivity contribution in [2.45, 2.75) is 0 Å². The molecule has 7 heteroatoms. The van der Waals surface area contributed by atoms with Gasteiger partial charge in [0.05, 0.1) is 35.1 Å². The van der Waals surface area contributed by atoms with Gasteiger partial charge in [-0.1, -0.05) is 0 Å². The second kappa shape index (κ2) is 5.99. The lowest BCUT2D eigenvalue weighted by molar-refractivity contribution is 0.394. The molecule has 5 nitrogen and oxygen atoms in total. The molecule has 0 fully saturated rings. The number of halogens is 2. The first kappa shape index (κ1) is 13.8. The Morgan fingerprint density at radius 3 is 2.74 bits per heavy atom. The van der Waals surface area contributed by atoms with Gasteiger partial charge >= 0.3 is 0 Å². The molecule has 1 aromatic carbocycles. The van der Waals surface area contributed by atoms with E-state index in [1.807, 2.05) is 0 Å². The van der Waals surface area contributed by atoms with Gasteiger partial charge in [0.25, 0.3) is 0 Å². The first-order valence-electron chi connectivity index (χ1n) is 5.17. The lowest BCUT2D eigenvalue weighted by Crippen LogP contribution is -2.00. The van der Waals surface area contributed by atoms with Gasteiger partial charge in [0.2, 0.25) is 11.8 Å². The number of benzene rings is 1. The van der Waals surface area contributed by atoms with Gasteiger partial charge in [-0.25, -0.2) is 4.98 Å². The van der Waals surface area contributed by atoms with Gasteiger partial charge in [-0.05, 0) is 50.1 Å². The van der Waals surface area contributed by atoms with Crippen LogP contribution in [0.1, 0.15) is 5.56 Å². The third-order valence-corrected chi connectivity index (χ3v) is 3.45. The maximum absolute atomic E-state index is 8.80. The summed E-state index contributed by atoms with van der Waals surface area (Å²) in [7, 11) is 1.54. The molecule has 96 valence electrons. The Balaban J connectivity index is 2.29. The monoisotopic (exact) mass is 382 g/mol. The summed E-state index contributed by atoms with van der Waals surface area (Å²) in [5.41, 5.74) is 1.34. The van der Waals surface area contributed by atoms with Crippen molar-refractivity contribution in [1.29, 1.82) is 5.26 Å². The minimum Gasteiger partial charge on any atom is -0.480 e. The smallest absolute Gasteiger partial charge is 0.232 e. The second-order valence-corrected chi connectivity index (χ2v) is 5.19. The highest BCUT2D eigenvalue weighted by Gasteiger charge is 2.07. The topological polar surface area (TPSA) is 70.8 Å². The van der Waals surface area contributed by atoms with Gasteiger partial charge in [-0.15, -0.1) is 0 Å². The average molecular weight is 384 g/mol. The molecule has 0 amide bonds. The standard InChI is InChI=1S/C12H8Br2N4O/c1-19-11-9(14)6-16-12(18-11)17-10-3-2-7(5-15)4-8(10)13/h2-4,6H,1H3,(H,16,17,18). The van der Waals surface area contributed by atoms with Crippen LogP contribution in [0.4, 0.5) is 11.6 Å². The van der Waals surface area contributed by atoms with Gasteiger partial charge in [-0.2, -0.15) is 10.2 Å². The van der Waals surface area contributed by atoms with Crippen molar-refractivity contribution in [2.75, 3.05) is 12.4 Å². The maximum atomic E-state index is 8.80. The second-order valence-electron chi connectivity index (χ2n) is 3.48. The van der Waals surface area contributed by atoms with E-state index in [0.29, 0.717) is 21.9 Å². The first-order chi connectivity index (χ1) is 9.13. The third-order valence-electron chi connectivity index (χ3n) is 2.25. The van der Waals surface area contributed by atoms with Crippen LogP contribution in [0.2, 0.25) is 0 Å². The minimum atomic E-state index is 0.408. The van der Waals surface area contributed by atoms with Gasteiger partial charge < -0.3 is 10.1 Å². The number of nitrogens with one attached hydrogen (secondary N) is 1. The van der Waals surface area contributed by atoms with E-state index in [2.05, 4.69) is 53.2 Å². The summed E-state index contributed by atoms with van der Waals surface area (Å²) in [6, 6.07) is 7.28. The van der Waals surface area contributed by atoms with Crippen molar-refractivity contribution in [3.63, 3.8) is 0 Å². The van der Waals surface area contributed by atoms with E-state index in [0.717, 1.165) is 10.2 Å². The summed E-state index contributed by atoms with van der Waals surface area (Å²) in [6.07, 6.45) is 1.60. The summed E-state index contributed by atoms with van der Waals surface area (Å²) in [4.78, 5) is 8.32. The van der Waals surface area contributed by atoms with Gasteiger partial charge in [0.15, 0.2) is 0 Å². The zero-order valence-corrected chi connectivity index (χ0v) is 13.0. The molecule has 0 unspecified atom stereocenters. The quantitative estimate of drug-likeness (QED) is 0.876. The van der Waals surface area contributed by atoms with E-state index in [1.165, 1.54) is 7.11 Å². The number of anilines is 2. The Bertz CT molecular complexity index is 655. The van der Waals surface area contributed by atoms with Crippen LogP contribution in [0.5, 0.6) is 5.88 Å². The molecule has 0 atom stereocenters. The molecule has 0 aliphatic heterocycles. The molecule has 19 heavy (non-hydrogen) atoms. The fraction of sp³-hybridized carbons (Fsp3) is 0.0833. The normalized spacial score (nSPS) is 9.79. The van der Waals surface area contributed by atoms with E-state index >= 15 is 0 Å². The molecule has 0 saturated heterocycles. The van der Waals surface area contributed by atoms with Crippen LogP contribution in [-0.4, -0.2) is 17.1 Å². The zero-order valence-electron chi connectivity index (χ0n) is 9.82. The van der Waals surface area contributed by atoms with E-state index in [-0.39, 0.29) is 0 Å². The van der Waals surface area contributed by atoms with Crippen molar-refractivity contribution in [3.05, 3.63) is 38.9 Å². The van der Waals surface area contributed by atoms with Crippen molar-refractivity contribution >= 4 is 43.5 Å². The van der Waals surface area contributed by atoms with Gasteiger partial charge in [0, 0.05) is 4.47 Å². The van der Waals surface area contributed by atoms with E-state index in [9.17, 15) is 0 Å². The molecule has 2 rings (SSSR count). The SMILES string of the molecule is COc1nc(Nc2ccc(C#N)cc2Br)ncc1Br. The molecule has 1 aromatic heterocycles. The molecular weight excluding hydrogens is 376 g/mol. The largest absolute Gasteiger partial charge is 0.480 e. The summed E-state index contributed by atoms with van der Waals surface area (Å²) in [5, 5.41) is 11.8. The van der Waals surface area contributed by atoms with Crippen LogP contribution in [0, 0.1) is 11.3 Å². The molecule has 1 N–H and O–H groups in total. The predicted octanol–water partition coefficient (Wildman–Crippen LogP) is 3.63. The highest BCUT2D eigenvalue weighted by atomic mass is 79.9. The summed E-state index contributed by atoms with van der Waals surface area (Å²) >= 11 is 6.67. The Kier molecular flexibility index (Phi) is 4.35. The van der Waals surface area contributed by atoms with Gasteiger partial charge in [-0.3, -0.25) is 0 Å². The number of aromatic nitrogens is 2. The maximum Gasteiger partial charge on any atom is 0.232 e. The van der Waals surface area contributed by atoms with Crippen molar-refractivity contribution in [2.24, 2.45) is 0 Å². The number of ether oxygens (including phenoxy) is 1. The van der Waals surface area contributed by atoms with Crippen molar-refractivity contribution < 1.29 is 4.74 Å². The summed E-state index contributed by atoms with van der Waals surface area (Å²) < 4.78 is 6.54. The van der Waals surface area contributed by atoms with Crippen molar-refractivity contribution in [3.8, 4) is 11.9 Å². The van der Waals surface area contributed by atoms with Crippen LogP contribution in [0.15, 0.2) is 33.3 Å². The number of hydrogen-bond acceptors (Lipinski definition) is 5. The average Bonchev–Trinajstić information content (AvgIpc) is 2.43. The van der Waals surface area contributed by atoms with Gasteiger partial charge in [0.1, 0.15) is 0 Å². The number of rotatable bonds is 3. The Morgan fingerprint density at radius 1 is 1.32 bits per heavy atom. The highest BCUT2D eigenvalue weighted by Crippen LogP contribution is 2.27. The summed E-state index contributed by atoms with van der Waals surface area (Å²) in [5.74, 6) is 0.854. The number of nitrogens with zero attached hydrogens (tertiary/aromatic N) is 3. The molecule has 0 aliphatic rings. The molecule has 0 spiro atoms. The van der Waals surface area contributed by atoms with Crippen LogP contribution < -0.4 is 10.1 Å². The molecule has 0 aliphatic carbocycles. The Morgan fingerprint density at radius 2 is 2.11 bits per heavy atom. The lowest BCUT2D eigenvalue weighted by atomic mass is 10.2. The van der Waals surface area contributed by atoms with E-state index in [1.54, 1.807) is 24.4 Å². The lowest BCUT2D eigenvalue weighted by Gasteiger charge is -2.08. The fourth-order valence-electron chi connectivity index (χ4n) is 1.36. The highest BCUT2D eigenvalue weighted by molar-refractivity contribution is 9.11. The molecule has 0 saturated carbocycles. The zero-order chi connectivity index (χ0) is 13.8. The van der Waals surface area contributed by atoms with E-state index < -0.39 is 0 Å². The molecular formula is C12H8Br2N4O. The van der Waals surface area contributed by atoms with E-state index in [4.69, 9.17) is 10.00 Å². The third kappa shape index (κ3) is 3.22. The molecule has 2 aromatic rings. The number of nitriles is 1. The molecule has 0 bridgehead atoms. The number of methoxy groups -OCH3 is 1. The fourth-order valence-corrected chi connectivity index (χ4v) is 2.19. The van der Waals surface area contributed by atoms with Crippen LogP contribution in [-0.2, 0) is 0 Å².